The van der Waals surface area contributed by atoms with Gasteiger partial charge in [0.05, 0.1) is 21.7 Å². The third-order valence-corrected chi connectivity index (χ3v) is 5.35. The van der Waals surface area contributed by atoms with Crippen LogP contribution in [0.4, 0.5) is 0 Å². The third kappa shape index (κ3) is 3.64. The average Bonchev–Trinajstić information content (AvgIpc) is 3.08. The molecule has 0 aromatic heterocycles. The van der Waals surface area contributed by atoms with Gasteiger partial charge in [-0.15, -0.1) is 0 Å². The first-order chi connectivity index (χ1) is 12.0. The fourth-order valence-corrected chi connectivity index (χ4v) is 3.52. The van der Waals surface area contributed by atoms with Crippen molar-refractivity contribution < 1.29 is 4.79 Å². The van der Waals surface area contributed by atoms with Gasteiger partial charge in [0.1, 0.15) is 0 Å². The van der Waals surface area contributed by atoms with E-state index in [4.69, 9.17) is 28.5 Å². The molecule has 0 saturated carbocycles. The molecule has 1 fully saturated rings. The number of carbonyl (C=O) groups is 1. The molecule has 2 atom stereocenters. The van der Waals surface area contributed by atoms with Crippen molar-refractivity contribution in [3.8, 4) is 6.07 Å². The highest BCUT2D eigenvalue weighted by molar-refractivity contribution is 6.42. The number of benzene rings is 2. The van der Waals surface area contributed by atoms with Crippen molar-refractivity contribution in [2.24, 2.45) is 0 Å². The smallest absolute Gasteiger partial charge is 0.253 e. The Morgan fingerprint density at radius 3 is 2.48 bits per heavy atom. The van der Waals surface area contributed by atoms with Gasteiger partial charge in [-0.25, -0.2) is 0 Å². The molecule has 6 heteroatoms. The molecule has 128 valence electrons. The van der Waals surface area contributed by atoms with E-state index in [2.05, 4.69) is 11.4 Å². The Morgan fingerprint density at radius 1 is 1.16 bits per heavy atom. The molecule has 1 N–H and O–H groups in total. The van der Waals surface area contributed by atoms with E-state index >= 15 is 0 Å². The molecule has 1 aliphatic heterocycles. The molecule has 3 rings (SSSR count). The normalized spacial score (nSPS) is 19.7. The van der Waals surface area contributed by atoms with E-state index in [-0.39, 0.29) is 17.9 Å². The number of amides is 1. The average molecular weight is 374 g/mol. The number of carbonyl (C=O) groups excluding carboxylic acids is 1. The van der Waals surface area contributed by atoms with Gasteiger partial charge in [0.2, 0.25) is 0 Å². The lowest BCUT2D eigenvalue weighted by molar-refractivity contribution is 0.0788. The molecule has 25 heavy (non-hydrogen) atoms. The predicted molar refractivity (Wildman–Crippen MR) is 99.1 cm³/mol. The number of nitriles is 1. The monoisotopic (exact) mass is 373 g/mol. The number of halogens is 2. The summed E-state index contributed by atoms with van der Waals surface area (Å²) in [5.74, 6) is 0.106. The molecule has 0 bridgehead atoms. The van der Waals surface area contributed by atoms with Crippen LogP contribution < -0.4 is 5.32 Å². The van der Waals surface area contributed by atoms with Crippen molar-refractivity contribution in [3.63, 3.8) is 0 Å². The van der Waals surface area contributed by atoms with Crippen LogP contribution in [0.3, 0.4) is 0 Å². The summed E-state index contributed by atoms with van der Waals surface area (Å²) in [5, 5.41) is 13.2. The summed E-state index contributed by atoms with van der Waals surface area (Å²) in [6.45, 7) is 1.21. The molecule has 4 nitrogen and oxygen atoms in total. The van der Waals surface area contributed by atoms with E-state index in [1.165, 1.54) is 0 Å². The molecule has 2 aromatic carbocycles. The lowest BCUT2D eigenvalue weighted by atomic mass is 9.94. The van der Waals surface area contributed by atoms with Crippen LogP contribution in [0.1, 0.15) is 27.4 Å². The number of nitrogens with zero attached hydrogens (tertiary/aromatic N) is 2. The van der Waals surface area contributed by atoms with E-state index in [0.717, 1.165) is 5.56 Å². The maximum absolute atomic E-state index is 12.8. The Morgan fingerprint density at radius 2 is 1.88 bits per heavy atom. The van der Waals surface area contributed by atoms with Gasteiger partial charge in [-0.05, 0) is 49.0 Å². The summed E-state index contributed by atoms with van der Waals surface area (Å²) in [4.78, 5) is 14.6. The minimum absolute atomic E-state index is 0.0349. The Balaban J connectivity index is 1.81. The van der Waals surface area contributed by atoms with Gasteiger partial charge in [-0.2, -0.15) is 5.26 Å². The Hall–Kier alpha value is -2.06. The summed E-state index contributed by atoms with van der Waals surface area (Å²) in [7, 11) is 1.89. The SMILES string of the molecule is CN[C@@H]1CN(C(=O)c2ccc(C#N)cc2)C[C@@H]1c1ccc(Cl)c(Cl)c1. The van der Waals surface area contributed by atoms with Crippen LogP contribution in [0.5, 0.6) is 0 Å². The molecule has 0 aliphatic carbocycles. The van der Waals surface area contributed by atoms with Crippen LogP contribution in [0.2, 0.25) is 10.0 Å². The van der Waals surface area contributed by atoms with Gasteiger partial charge in [0, 0.05) is 30.6 Å². The van der Waals surface area contributed by atoms with Gasteiger partial charge < -0.3 is 10.2 Å². The third-order valence-electron chi connectivity index (χ3n) is 4.61. The summed E-state index contributed by atoms with van der Waals surface area (Å²) >= 11 is 12.2. The number of likely N-dealkylation sites (N-methyl/N-ethyl adjacent to an activating group) is 1. The van der Waals surface area contributed by atoms with Crippen LogP contribution >= 0.6 is 23.2 Å². The zero-order chi connectivity index (χ0) is 18.0. The number of rotatable bonds is 3. The van der Waals surface area contributed by atoms with Crippen LogP contribution in [-0.2, 0) is 0 Å². The molecule has 1 saturated heterocycles. The second kappa shape index (κ2) is 7.45. The Kier molecular flexibility index (Phi) is 5.29. The first-order valence-corrected chi connectivity index (χ1v) is 8.70. The van der Waals surface area contributed by atoms with Crippen LogP contribution in [-0.4, -0.2) is 37.0 Å². The second-order valence-corrected chi connectivity index (χ2v) is 6.89. The molecular formula is C19H17Cl2N3O. The van der Waals surface area contributed by atoms with Gasteiger partial charge in [-0.3, -0.25) is 4.79 Å². The number of likely N-dealkylation sites (tertiary alicyclic amines) is 1. The lowest BCUT2D eigenvalue weighted by Gasteiger charge is -2.18. The Labute approximate surface area is 157 Å². The van der Waals surface area contributed by atoms with Gasteiger partial charge >= 0.3 is 0 Å². The maximum Gasteiger partial charge on any atom is 0.253 e. The minimum atomic E-state index is -0.0349. The van der Waals surface area contributed by atoms with E-state index in [1.54, 1.807) is 30.3 Å². The highest BCUT2D eigenvalue weighted by atomic mass is 35.5. The zero-order valence-electron chi connectivity index (χ0n) is 13.7. The Bertz CT molecular complexity index is 830. The molecule has 0 spiro atoms. The second-order valence-electron chi connectivity index (χ2n) is 6.07. The van der Waals surface area contributed by atoms with E-state index in [0.29, 0.717) is 34.3 Å². The van der Waals surface area contributed by atoms with E-state index in [1.807, 2.05) is 24.1 Å². The van der Waals surface area contributed by atoms with Crippen molar-refractivity contribution >= 4 is 29.1 Å². The molecule has 1 aliphatic rings. The van der Waals surface area contributed by atoms with E-state index < -0.39 is 0 Å². The van der Waals surface area contributed by atoms with Gasteiger partial charge in [-0.1, -0.05) is 29.3 Å². The molecule has 1 amide bonds. The van der Waals surface area contributed by atoms with Crippen LogP contribution in [0, 0.1) is 11.3 Å². The van der Waals surface area contributed by atoms with Crippen molar-refractivity contribution in [2.45, 2.75) is 12.0 Å². The largest absolute Gasteiger partial charge is 0.336 e. The van der Waals surface area contributed by atoms with Crippen molar-refractivity contribution in [3.05, 3.63) is 69.2 Å². The quantitative estimate of drug-likeness (QED) is 0.892. The predicted octanol–water partition coefficient (Wildman–Crippen LogP) is 3.69. The standard InChI is InChI=1S/C19H17Cl2N3O/c1-23-18-11-24(19(25)13-4-2-12(9-22)3-5-13)10-15(18)14-6-7-16(20)17(21)8-14/h2-8,15,18,23H,10-11H2,1H3/t15-,18-/m1/s1. The summed E-state index contributed by atoms with van der Waals surface area (Å²) in [5.41, 5.74) is 2.19. The summed E-state index contributed by atoms with van der Waals surface area (Å²) < 4.78 is 0. The van der Waals surface area contributed by atoms with Crippen molar-refractivity contribution in [1.29, 1.82) is 5.26 Å². The zero-order valence-corrected chi connectivity index (χ0v) is 15.2. The molecule has 1 heterocycles. The first-order valence-electron chi connectivity index (χ1n) is 7.95. The molecule has 0 unspecified atom stereocenters. The van der Waals surface area contributed by atoms with Crippen molar-refractivity contribution in [1.82, 2.24) is 10.2 Å². The lowest BCUT2D eigenvalue weighted by Crippen LogP contribution is -2.34. The fraction of sp³-hybridized carbons (Fsp3) is 0.263. The van der Waals surface area contributed by atoms with Gasteiger partial charge in [0.15, 0.2) is 0 Å². The first kappa shape index (κ1) is 17.8. The maximum atomic E-state index is 12.8. The number of hydrogen-bond acceptors (Lipinski definition) is 3. The number of hydrogen-bond donors (Lipinski definition) is 1. The van der Waals surface area contributed by atoms with Crippen LogP contribution in [0.25, 0.3) is 0 Å². The number of nitrogens with one attached hydrogen (secondary N) is 1. The summed E-state index contributed by atoms with van der Waals surface area (Å²) in [6.07, 6.45) is 0. The van der Waals surface area contributed by atoms with E-state index in [9.17, 15) is 4.79 Å². The molecular weight excluding hydrogens is 357 g/mol. The van der Waals surface area contributed by atoms with Crippen LogP contribution in [0.15, 0.2) is 42.5 Å². The minimum Gasteiger partial charge on any atom is -0.336 e. The molecule has 2 aromatic rings. The summed E-state index contributed by atoms with van der Waals surface area (Å²) in [6, 6.07) is 14.5. The highest BCUT2D eigenvalue weighted by Crippen LogP contribution is 2.32. The topological polar surface area (TPSA) is 56.1 Å². The van der Waals surface area contributed by atoms with Gasteiger partial charge in [0.25, 0.3) is 5.91 Å². The van der Waals surface area contributed by atoms with Crippen molar-refractivity contribution in [2.75, 3.05) is 20.1 Å². The highest BCUT2D eigenvalue weighted by Gasteiger charge is 2.35. The molecule has 0 radical (unpaired) electrons. The fourth-order valence-electron chi connectivity index (χ4n) is 3.21.